The van der Waals surface area contributed by atoms with Crippen LogP contribution in [0.2, 0.25) is 0 Å². The highest BCUT2D eigenvalue weighted by Gasteiger charge is 2.72. The van der Waals surface area contributed by atoms with Gasteiger partial charge in [-0.25, -0.2) is 0 Å². The van der Waals surface area contributed by atoms with Gasteiger partial charge in [0, 0.05) is 6.42 Å². The molecule has 4 saturated carbocycles. The Morgan fingerprint density at radius 1 is 0.696 bits per heavy atom. The van der Waals surface area contributed by atoms with E-state index in [-0.39, 0.29) is 39.9 Å². The van der Waals surface area contributed by atoms with Crippen molar-refractivity contribution in [3.8, 4) is 0 Å². The molecule has 7 aliphatic rings. The Balaban J connectivity index is 1.12. The van der Waals surface area contributed by atoms with E-state index in [0.29, 0.717) is 19.3 Å². The van der Waals surface area contributed by atoms with Gasteiger partial charge in [-0.05, 0) is 118 Å². The fraction of sp³-hybridized carbons (Fsp3) is 1.00. The van der Waals surface area contributed by atoms with E-state index in [1.165, 1.54) is 6.92 Å². The molecule has 0 aromatic rings. The molecule has 0 aromatic carbocycles. The normalized spacial score (nSPS) is 57.3. The maximum Gasteiger partial charge on any atom is 0.187 e. The van der Waals surface area contributed by atoms with Gasteiger partial charge in [0.2, 0.25) is 0 Å². The fourth-order valence-corrected chi connectivity index (χ4v) is 14.2. The van der Waals surface area contributed by atoms with Crippen LogP contribution in [0.15, 0.2) is 0 Å². The second-order valence-corrected chi connectivity index (χ2v) is 21.2. The Morgan fingerprint density at radius 3 is 1.98 bits per heavy atom. The third-order valence-corrected chi connectivity index (χ3v) is 17.4. The molecule has 0 radical (unpaired) electrons. The second kappa shape index (κ2) is 14.5. The molecule has 14 heteroatoms. The molecule has 7 fully saturated rings. The molecule has 14 nitrogen and oxygen atoms in total. The van der Waals surface area contributed by atoms with Gasteiger partial charge in [0.25, 0.3) is 0 Å². The summed E-state index contributed by atoms with van der Waals surface area (Å²) < 4.78 is 31.2. The molecular formula is C42H72O14. The van der Waals surface area contributed by atoms with Crippen molar-refractivity contribution < 1.29 is 69.6 Å². The summed E-state index contributed by atoms with van der Waals surface area (Å²) in [4.78, 5) is 0. The van der Waals surface area contributed by atoms with Crippen LogP contribution in [0, 0.1) is 45.3 Å². The minimum absolute atomic E-state index is 0.0185. The first-order valence-electron chi connectivity index (χ1n) is 21.2. The van der Waals surface area contributed by atoms with Gasteiger partial charge in [-0.15, -0.1) is 0 Å². The summed E-state index contributed by atoms with van der Waals surface area (Å²) >= 11 is 0. The molecule has 0 bridgehead atoms. The van der Waals surface area contributed by atoms with Crippen LogP contribution in [0.3, 0.4) is 0 Å². The van der Waals surface area contributed by atoms with Crippen molar-refractivity contribution in [1.29, 1.82) is 0 Å². The minimum atomic E-state index is -1.66. The average Bonchev–Trinajstić information content (AvgIpc) is 3.66. The smallest absolute Gasteiger partial charge is 0.187 e. The fourth-order valence-electron chi connectivity index (χ4n) is 14.2. The van der Waals surface area contributed by atoms with Crippen LogP contribution in [0.4, 0.5) is 0 Å². The third-order valence-electron chi connectivity index (χ3n) is 17.4. The van der Waals surface area contributed by atoms with E-state index in [2.05, 4.69) is 41.5 Å². The van der Waals surface area contributed by atoms with Crippen molar-refractivity contribution in [1.82, 2.24) is 0 Å². The third kappa shape index (κ3) is 6.49. The van der Waals surface area contributed by atoms with Crippen molar-refractivity contribution in [2.24, 2.45) is 45.3 Å². The molecule has 22 atom stereocenters. The molecule has 4 aliphatic carbocycles. The Bertz CT molecular complexity index is 1430. The van der Waals surface area contributed by atoms with Gasteiger partial charge in [0.05, 0.1) is 42.2 Å². The van der Waals surface area contributed by atoms with Gasteiger partial charge < -0.3 is 69.6 Å². The molecule has 0 aromatic heterocycles. The number of fused-ring (bicyclic) bond motifs is 5. The Hall–Kier alpha value is -0.560. The van der Waals surface area contributed by atoms with Crippen LogP contribution in [-0.2, 0) is 23.7 Å². The SMILES string of the molecule is C[C@@H]1O[C@@H](O[C@H]2[C@H](O[C@H]3CC[C@]4(C)[C@H]5C[C@@H](O)[C@@H]6[C@@H]([C@]7(C)C[C@H](O)[C@@H](C(C)(C)O)O7)CC[C@@]6(C)[C@]5(C)CC[C@H]4C3(C)C)O[C@H](CO)[C@@H](O)[C@@H]2O)[C@H](O)[C@H](O)[C@H]1O. The number of hydrogen-bond acceptors (Lipinski definition) is 14. The van der Waals surface area contributed by atoms with E-state index >= 15 is 0 Å². The van der Waals surface area contributed by atoms with Crippen molar-refractivity contribution in [3.63, 3.8) is 0 Å². The molecule has 324 valence electrons. The molecule has 0 amide bonds. The lowest BCUT2D eigenvalue weighted by atomic mass is 9.35. The zero-order chi connectivity index (χ0) is 41.3. The van der Waals surface area contributed by atoms with Gasteiger partial charge in [-0.3, -0.25) is 0 Å². The van der Waals surface area contributed by atoms with E-state index in [9.17, 15) is 46.0 Å². The van der Waals surface area contributed by atoms with E-state index < -0.39 is 109 Å². The zero-order valence-electron chi connectivity index (χ0n) is 34.8. The predicted octanol–water partition coefficient (Wildman–Crippen LogP) is 1.36. The van der Waals surface area contributed by atoms with E-state index in [4.69, 9.17) is 23.7 Å². The summed E-state index contributed by atoms with van der Waals surface area (Å²) in [6, 6.07) is 0. The summed E-state index contributed by atoms with van der Waals surface area (Å²) in [6.07, 6.45) is -10.1. The maximum absolute atomic E-state index is 12.3. The van der Waals surface area contributed by atoms with Crippen molar-refractivity contribution in [2.45, 2.75) is 211 Å². The van der Waals surface area contributed by atoms with Gasteiger partial charge in [-0.2, -0.15) is 0 Å². The molecule has 7 rings (SSSR count). The summed E-state index contributed by atoms with van der Waals surface area (Å²) in [6.45, 7) is 18.0. The number of rotatable bonds is 7. The van der Waals surface area contributed by atoms with Crippen LogP contribution < -0.4 is 0 Å². The Labute approximate surface area is 331 Å². The first kappa shape index (κ1) is 43.5. The summed E-state index contributed by atoms with van der Waals surface area (Å²) in [5, 5.41) is 97.8. The predicted molar refractivity (Wildman–Crippen MR) is 200 cm³/mol. The number of ether oxygens (including phenoxy) is 5. The number of aliphatic hydroxyl groups is 9. The molecule has 56 heavy (non-hydrogen) atoms. The summed E-state index contributed by atoms with van der Waals surface area (Å²) in [5.74, 6) is 0.410. The average molecular weight is 801 g/mol. The lowest BCUT2D eigenvalue weighted by Gasteiger charge is -2.70. The molecule has 9 N–H and O–H groups in total. The van der Waals surface area contributed by atoms with Gasteiger partial charge in [-0.1, -0.05) is 34.6 Å². The van der Waals surface area contributed by atoms with Gasteiger partial charge >= 0.3 is 0 Å². The maximum atomic E-state index is 12.3. The Morgan fingerprint density at radius 2 is 1.36 bits per heavy atom. The van der Waals surface area contributed by atoms with Crippen LogP contribution in [0.5, 0.6) is 0 Å². The molecule has 3 heterocycles. The van der Waals surface area contributed by atoms with Crippen molar-refractivity contribution in [2.75, 3.05) is 6.61 Å². The monoisotopic (exact) mass is 800 g/mol. The summed E-state index contributed by atoms with van der Waals surface area (Å²) in [5.41, 5.74) is -2.71. The largest absolute Gasteiger partial charge is 0.394 e. The Kier molecular flexibility index (Phi) is 11.3. The van der Waals surface area contributed by atoms with Crippen molar-refractivity contribution in [3.05, 3.63) is 0 Å². The zero-order valence-corrected chi connectivity index (χ0v) is 34.8. The van der Waals surface area contributed by atoms with Gasteiger partial charge in [0.1, 0.15) is 48.8 Å². The highest BCUT2D eigenvalue weighted by Crippen LogP contribution is 2.76. The number of aliphatic hydroxyl groups excluding tert-OH is 8. The van der Waals surface area contributed by atoms with Gasteiger partial charge in [0.15, 0.2) is 12.6 Å². The van der Waals surface area contributed by atoms with E-state index in [0.717, 1.165) is 32.1 Å². The van der Waals surface area contributed by atoms with E-state index in [1.54, 1.807) is 13.8 Å². The van der Waals surface area contributed by atoms with Crippen LogP contribution in [0.1, 0.15) is 114 Å². The molecule has 3 aliphatic heterocycles. The van der Waals surface area contributed by atoms with Crippen LogP contribution in [0.25, 0.3) is 0 Å². The molecular weight excluding hydrogens is 728 g/mol. The number of hydrogen-bond donors (Lipinski definition) is 9. The minimum Gasteiger partial charge on any atom is -0.394 e. The molecule has 0 spiro atoms. The second-order valence-electron chi connectivity index (χ2n) is 21.2. The van der Waals surface area contributed by atoms with Crippen LogP contribution in [-0.4, -0.2) is 150 Å². The van der Waals surface area contributed by atoms with Crippen molar-refractivity contribution >= 4 is 0 Å². The molecule has 0 unspecified atom stereocenters. The summed E-state index contributed by atoms with van der Waals surface area (Å²) in [7, 11) is 0. The first-order valence-corrected chi connectivity index (χ1v) is 21.2. The lowest BCUT2D eigenvalue weighted by molar-refractivity contribution is -0.376. The topological polar surface area (TPSA) is 228 Å². The standard InChI is InChI=1S/C42H72O14/c1-19-28(46)30(48)32(50)35(52-19)55-33-31(49)29(47)23(18-43)53-36(33)54-26-12-13-39(6)24(37(26,2)3)11-15-40(7)25(39)16-21(44)27-20(10-14-41(27,40)8)42(9)17-22(45)34(56-42)38(4,5)51/h19-36,43-51H,10-18H2,1-9H3/t19-,20-,21+,22-,23+,24-,25+,26-,27-,28-,29+,30+,31-,32+,33+,34-,35-,36-,39-,40+,41+,42-/m0/s1. The first-order chi connectivity index (χ1) is 25.9. The van der Waals surface area contributed by atoms with Crippen LogP contribution >= 0.6 is 0 Å². The van der Waals surface area contributed by atoms with E-state index in [1.807, 2.05) is 0 Å². The lowest BCUT2D eigenvalue weighted by Crippen LogP contribution is -2.67. The quantitative estimate of drug-likeness (QED) is 0.166. The highest BCUT2D eigenvalue weighted by molar-refractivity contribution is 5.21. The molecule has 3 saturated heterocycles. The highest BCUT2D eigenvalue weighted by atomic mass is 16.8.